The van der Waals surface area contributed by atoms with E-state index < -0.39 is 10.8 Å². The predicted octanol–water partition coefficient (Wildman–Crippen LogP) is 0.532. The summed E-state index contributed by atoms with van der Waals surface area (Å²) in [7, 11) is 0. The summed E-state index contributed by atoms with van der Waals surface area (Å²) in [4.78, 5) is 62.8. The molecule has 0 aliphatic carbocycles. The molecule has 3 rings (SSSR count). The molecular formula is C20H25N5O6. The summed E-state index contributed by atoms with van der Waals surface area (Å²) in [6, 6.07) is 4.33. The molecule has 0 aromatic heterocycles. The number of benzene rings is 1. The third-order valence-corrected chi connectivity index (χ3v) is 5.50. The van der Waals surface area contributed by atoms with E-state index in [4.69, 9.17) is 0 Å². The number of carbonyl (C=O) groups is 4. The van der Waals surface area contributed by atoms with E-state index in [0.717, 1.165) is 0 Å². The van der Waals surface area contributed by atoms with Gasteiger partial charge in [-0.1, -0.05) is 0 Å². The molecule has 2 fully saturated rings. The Hall–Kier alpha value is -3.50. The molecule has 0 bridgehead atoms. The van der Waals surface area contributed by atoms with Crippen LogP contribution in [0.2, 0.25) is 0 Å². The van der Waals surface area contributed by atoms with Gasteiger partial charge in [0.25, 0.3) is 11.6 Å². The number of carbonyl (C=O) groups excluding carboxylic acids is 4. The highest BCUT2D eigenvalue weighted by molar-refractivity contribution is 6.01. The van der Waals surface area contributed by atoms with Crippen LogP contribution >= 0.6 is 0 Å². The fraction of sp³-hybridized carbons (Fsp3) is 0.500. The Balaban J connectivity index is 1.59. The SMILES string of the molecule is CC(=O)N1CCN(c2ccc(C(=O)NCCCN3C(=O)CCC3=O)cc2[N+](=O)[O-])CC1. The Morgan fingerprint density at radius 2 is 1.74 bits per heavy atom. The van der Waals surface area contributed by atoms with E-state index in [1.54, 1.807) is 11.0 Å². The van der Waals surface area contributed by atoms with Crippen molar-refractivity contribution in [3.8, 4) is 0 Å². The summed E-state index contributed by atoms with van der Waals surface area (Å²) in [6.45, 7) is 3.88. The van der Waals surface area contributed by atoms with E-state index in [9.17, 15) is 29.3 Å². The summed E-state index contributed by atoms with van der Waals surface area (Å²) < 4.78 is 0. The maximum Gasteiger partial charge on any atom is 0.293 e. The second-order valence-electron chi connectivity index (χ2n) is 7.50. The normalized spacial score (nSPS) is 16.6. The number of hydrogen-bond acceptors (Lipinski definition) is 7. The first-order chi connectivity index (χ1) is 14.8. The molecule has 11 heteroatoms. The minimum atomic E-state index is -0.520. The van der Waals surface area contributed by atoms with Gasteiger partial charge in [-0.05, 0) is 18.6 Å². The Labute approximate surface area is 179 Å². The molecule has 2 aliphatic rings. The molecule has 1 aromatic carbocycles. The van der Waals surface area contributed by atoms with E-state index in [1.807, 2.05) is 4.90 Å². The van der Waals surface area contributed by atoms with Gasteiger partial charge >= 0.3 is 0 Å². The molecule has 2 aliphatic heterocycles. The van der Waals surface area contributed by atoms with Gasteiger partial charge in [-0.15, -0.1) is 0 Å². The fourth-order valence-electron chi connectivity index (χ4n) is 3.75. The van der Waals surface area contributed by atoms with Crippen molar-refractivity contribution in [3.63, 3.8) is 0 Å². The van der Waals surface area contributed by atoms with Crippen LogP contribution in [0.25, 0.3) is 0 Å². The van der Waals surface area contributed by atoms with E-state index in [1.165, 1.54) is 24.0 Å². The van der Waals surface area contributed by atoms with Crippen molar-refractivity contribution in [1.29, 1.82) is 0 Å². The van der Waals surface area contributed by atoms with Crippen molar-refractivity contribution in [2.45, 2.75) is 26.2 Å². The van der Waals surface area contributed by atoms with Crippen LogP contribution in [0, 0.1) is 10.1 Å². The summed E-state index contributed by atoms with van der Waals surface area (Å²) in [5, 5.41) is 14.3. The molecule has 0 spiro atoms. The molecule has 2 heterocycles. The lowest BCUT2D eigenvalue weighted by Crippen LogP contribution is -2.48. The highest BCUT2D eigenvalue weighted by Gasteiger charge is 2.28. The largest absolute Gasteiger partial charge is 0.362 e. The molecule has 1 aromatic rings. The monoisotopic (exact) mass is 431 g/mol. The van der Waals surface area contributed by atoms with Crippen molar-refractivity contribution in [3.05, 3.63) is 33.9 Å². The van der Waals surface area contributed by atoms with Crippen molar-refractivity contribution < 1.29 is 24.1 Å². The number of piperazine rings is 1. The van der Waals surface area contributed by atoms with Gasteiger partial charge in [0.2, 0.25) is 17.7 Å². The number of likely N-dealkylation sites (tertiary alicyclic amines) is 1. The minimum Gasteiger partial charge on any atom is -0.362 e. The van der Waals surface area contributed by atoms with Gasteiger partial charge in [0.15, 0.2) is 0 Å². The van der Waals surface area contributed by atoms with Gasteiger partial charge in [0.05, 0.1) is 4.92 Å². The van der Waals surface area contributed by atoms with Crippen molar-refractivity contribution in [2.24, 2.45) is 0 Å². The van der Waals surface area contributed by atoms with Crippen molar-refractivity contribution >= 4 is 35.0 Å². The van der Waals surface area contributed by atoms with Gasteiger partial charge in [0, 0.05) is 70.7 Å². The number of anilines is 1. The number of nitro groups is 1. The number of hydrogen-bond donors (Lipinski definition) is 1. The lowest BCUT2D eigenvalue weighted by atomic mass is 10.1. The molecular weight excluding hydrogens is 406 g/mol. The standard InChI is InChI=1S/C20H25N5O6/c1-14(26)22-9-11-23(12-10-22)16-4-3-15(13-17(16)25(30)31)20(29)21-7-2-8-24-18(27)5-6-19(24)28/h3-4,13H,2,5-12H2,1H3,(H,21,29). The third-order valence-electron chi connectivity index (χ3n) is 5.50. The average Bonchev–Trinajstić information content (AvgIpc) is 3.08. The van der Waals surface area contributed by atoms with Crippen LogP contribution in [0.15, 0.2) is 18.2 Å². The maximum atomic E-state index is 12.4. The Bertz CT molecular complexity index is 893. The lowest BCUT2D eigenvalue weighted by molar-refractivity contribution is -0.384. The molecule has 0 unspecified atom stereocenters. The molecule has 11 nitrogen and oxygen atoms in total. The van der Waals surface area contributed by atoms with Gasteiger partial charge in [-0.25, -0.2) is 0 Å². The number of nitro benzene ring substituents is 1. The Morgan fingerprint density at radius 1 is 1.10 bits per heavy atom. The van der Waals surface area contributed by atoms with Gasteiger partial charge in [0.1, 0.15) is 5.69 Å². The first kappa shape index (κ1) is 22.2. The van der Waals surface area contributed by atoms with Gasteiger partial charge < -0.3 is 15.1 Å². The number of imide groups is 1. The van der Waals surface area contributed by atoms with Crippen molar-refractivity contribution in [1.82, 2.24) is 15.1 Å². The second kappa shape index (κ2) is 9.54. The van der Waals surface area contributed by atoms with Crippen LogP contribution in [0.5, 0.6) is 0 Å². The highest BCUT2D eigenvalue weighted by Crippen LogP contribution is 2.30. The van der Waals surface area contributed by atoms with Gasteiger partial charge in [-0.3, -0.25) is 34.2 Å². The predicted molar refractivity (Wildman–Crippen MR) is 110 cm³/mol. The molecule has 4 amide bonds. The smallest absolute Gasteiger partial charge is 0.293 e. The molecule has 1 N–H and O–H groups in total. The van der Waals surface area contributed by atoms with Crippen LogP contribution in [0.4, 0.5) is 11.4 Å². The van der Waals surface area contributed by atoms with Crippen molar-refractivity contribution in [2.75, 3.05) is 44.2 Å². The fourth-order valence-corrected chi connectivity index (χ4v) is 3.75. The molecule has 0 radical (unpaired) electrons. The maximum absolute atomic E-state index is 12.4. The zero-order valence-electron chi connectivity index (χ0n) is 17.3. The molecule has 0 atom stereocenters. The van der Waals surface area contributed by atoms with Crippen LogP contribution in [0.3, 0.4) is 0 Å². The van der Waals surface area contributed by atoms with Crippen LogP contribution in [0.1, 0.15) is 36.5 Å². The number of amides is 4. The van der Waals surface area contributed by atoms with E-state index >= 15 is 0 Å². The first-order valence-corrected chi connectivity index (χ1v) is 10.2. The van der Waals surface area contributed by atoms with Gasteiger partial charge in [-0.2, -0.15) is 0 Å². The highest BCUT2D eigenvalue weighted by atomic mass is 16.6. The molecule has 31 heavy (non-hydrogen) atoms. The zero-order chi connectivity index (χ0) is 22.5. The number of nitrogens with one attached hydrogen (secondary N) is 1. The minimum absolute atomic E-state index is 0.0281. The number of nitrogens with zero attached hydrogens (tertiary/aromatic N) is 4. The first-order valence-electron chi connectivity index (χ1n) is 10.2. The van der Waals surface area contributed by atoms with E-state index in [-0.39, 0.29) is 54.9 Å². The second-order valence-corrected chi connectivity index (χ2v) is 7.50. The Kier molecular flexibility index (Phi) is 6.83. The molecule has 166 valence electrons. The topological polar surface area (TPSA) is 133 Å². The quantitative estimate of drug-likeness (QED) is 0.288. The Morgan fingerprint density at radius 3 is 2.32 bits per heavy atom. The summed E-state index contributed by atoms with van der Waals surface area (Å²) in [6.07, 6.45) is 0.861. The van der Waals surface area contributed by atoms with Crippen LogP contribution in [-0.2, 0) is 14.4 Å². The molecule has 2 saturated heterocycles. The van der Waals surface area contributed by atoms with E-state index in [0.29, 0.717) is 38.3 Å². The molecule has 0 saturated carbocycles. The number of rotatable bonds is 7. The lowest BCUT2D eigenvalue weighted by Gasteiger charge is -2.35. The van der Waals surface area contributed by atoms with Crippen LogP contribution < -0.4 is 10.2 Å². The summed E-state index contributed by atoms with van der Waals surface area (Å²) in [5.41, 5.74) is 0.402. The summed E-state index contributed by atoms with van der Waals surface area (Å²) in [5.74, 6) is -0.895. The summed E-state index contributed by atoms with van der Waals surface area (Å²) >= 11 is 0. The third kappa shape index (κ3) is 5.16. The zero-order valence-corrected chi connectivity index (χ0v) is 17.3. The average molecular weight is 431 g/mol. The van der Waals surface area contributed by atoms with E-state index in [2.05, 4.69) is 5.32 Å². The van der Waals surface area contributed by atoms with Crippen LogP contribution in [-0.4, -0.2) is 77.6 Å².